The highest BCUT2D eigenvalue weighted by atomic mass is 16.7. The molecule has 0 spiro atoms. The monoisotopic (exact) mass is 294 g/mol. The van der Waals surface area contributed by atoms with Gasteiger partial charge in [0, 0.05) is 7.11 Å². The van der Waals surface area contributed by atoms with Crippen LogP contribution in [-0.4, -0.2) is 25.3 Å². The van der Waals surface area contributed by atoms with E-state index < -0.39 is 17.7 Å². The molecule has 5 nitrogen and oxygen atoms in total. The Hall–Kier alpha value is -1.88. The van der Waals surface area contributed by atoms with Gasteiger partial charge in [0.2, 0.25) is 0 Å². The molecule has 1 aromatic carbocycles. The van der Waals surface area contributed by atoms with E-state index in [1.807, 2.05) is 20.8 Å². The second-order valence-electron chi connectivity index (χ2n) is 5.36. The van der Waals surface area contributed by atoms with Gasteiger partial charge in [-0.25, -0.2) is 4.79 Å². The lowest BCUT2D eigenvalue weighted by Gasteiger charge is -2.20. The number of esters is 2. The Labute approximate surface area is 125 Å². The van der Waals surface area contributed by atoms with Crippen LogP contribution in [0.25, 0.3) is 0 Å². The van der Waals surface area contributed by atoms with Gasteiger partial charge in [0.15, 0.2) is 6.29 Å². The van der Waals surface area contributed by atoms with E-state index in [0.29, 0.717) is 17.7 Å². The van der Waals surface area contributed by atoms with Crippen LogP contribution in [0.1, 0.15) is 44.5 Å². The minimum absolute atomic E-state index is 0.304. The van der Waals surface area contributed by atoms with Gasteiger partial charge in [-0.2, -0.15) is 0 Å². The molecule has 0 saturated heterocycles. The molecule has 116 valence electrons. The lowest BCUT2D eigenvalue weighted by Crippen LogP contribution is -2.28. The zero-order valence-corrected chi connectivity index (χ0v) is 13.1. The third-order valence-electron chi connectivity index (χ3n) is 3.32. The Morgan fingerprint density at radius 1 is 1.29 bits per heavy atom. The predicted molar refractivity (Wildman–Crippen MR) is 78.0 cm³/mol. The van der Waals surface area contributed by atoms with Gasteiger partial charge in [-0.05, 0) is 45.4 Å². The average Bonchev–Trinajstić information content (AvgIpc) is 2.47. The molecular formula is C16H22O5. The van der Waals surface area contributed by atoms with Gasteiger partial charge < -0.3 is 14.2 Å². The van der Waals surface area contributed by atoms with Gasteiger partial charge in [-0.1, -0.05) is 13.0 Å². The number of hydrogen-bond donors (Lipinski definition) is 0. The molecule has 0 aliphatic carbocycles. The molecule has 0 amide bonds. The lowest BCUT2D eigenvalue weighted by atomic mass is 9.91. The highest BCUT2D eigenvalue weighted by molar-refractivity contribution is 5.90. The van der Waals surface area contributed by atoms with Crippen LogP contribution in [0.15, 0.2) is 24.3 Å². The Morgan fingerprint density at radius 2 is 1.95 bits per heavy atom. The maximum Gasteiger partial charge on any atom is 0.340 e. The molecule has 0 aliphatic heterocycles. The number of rotatable bonds is 6. The number of hydrogen-bond acceptors (Lipinski definition) is 5. The van der Waals surface area contributed by atoms with E-state index in [4.69, 9.17) is 14.2 Å². The smallest absolute Gasteiger partial charge is 0.340 e. The van der Waals surface area contributed by atoms with Crippen LogP contribution in [0.5, 0.6) is 5.75 Å². The number of carbonyl (C=O) groups is 2. The van der Waals surface area contributed by atoms with E-state index in [-0.39, 0.29) is 5.97 Å². The minimum atomic E-state index is -0.636. The molecule has 0 N–H and O–H groups in total. The molecule has 0 aromatic heterocycles. The summed E-state index contributed by atoms with van der Waals surface area (Å²) in [6.07, 6.45) is 0.0292. The molecule has 0 aliphatic rings. The lowest BCUT2D eigenvalue weighted by molar-refractivity contribution is -0.144. The summed E-state index contributed by atoms with van der Waals surface area (Å²) < 4.78 is 15.2. The Morgan fingerprint density at radius 3 is 2.52 bits per heavy atom. The maximum absolute atomic E-state index is 12.0. The molecule has 5 heteroatoms. The van der Waals surface area contributed by atoms with Crippen molar-refractivity contribution in [3.05, 3.63) is 29.8 Å². The molecule has 21 heavy (non-hydrogen) atoms. The van der Waals surface area contributed by atoms with Crippen molar-refractivity contribution in [2.45, 2.75) is 40.4 Å². The molecule has 0 heterocycles. The number of ether oxygens (including phenoxy) is 3. The zero-order valence-electron chi connectivity index (χ0n) is 13.1. The van der Waals surface area contributed by atoms with Gasteiger partial charge in [-0.15, -0.1) is 0 Å². The average molecular weight is 294 g/mol. The summed E-state index contributed by atoms with van der Waals surface area (Å²) in [5.74, 6) is -0.543. The van der Waals surface area contributed by atoms with Crippen LogP contribution in [0.4, 0.5) is 0 Å². The fourth-order valence-electron chi connectivity index (χ4n) is 1.34. The first kappa shape index (κ1) is 17.2. The van der Waals surface area contributed by atoms with Crippen LogP contribution < -0.4 is 4.74 Å². The van der Waals surface area contributed by atoms with Crippen molar-refractivity contribution in [2.24, 2.45) is 5.41 Å². The molecule has 0 fully saturated rings. The second-order valence-corrected chi connectivity index (χ2v) is 5.36. The van der Waals surface area contributed by atoms with Crippen molar-refractivity contribution in [3.63, 3.8) is 0 Å². The standard InChI is InChI=1S/C16H22O5/c1-6-16(3,4)15(18)21-13-9-7-8-12(10-13)14(17)20-11(2)19-5/h7-11H,6H2,1-5H3. The normalized spacial score (nSPS) is 12.6. The van der Waals surface area contributed by atoms with Crippen LogP contribution >= 0.6 is 0 Å². The summed E-state index contributed by atoms with van der Waals surface area (Å²) in [6, 6.07) is 6.33. The molecule has 0 radical (unpaired) electrons. The van der Waals surface area contributed by atoms with E-state index in [1.54, 1.807) is 25.1 Å². The fourth-order valence-corrected chi connectivity index (χ4v) is 1.34. The van der Waals surface area contributed by atoms with Crippen LogP contribution in [0.3, 0.4) is 0 Å². The first-order valence-corrected chi connectivity index (χ1v) is 6.86. The summed E-state index contributed by atoms with van der Waals surface area (Å²) in [5, 5.41) is 0. The minimum Gasteiger partial charge on any atom is -0.432 e. The topological polar surface area (TPSA) is 61.8 Å². The van der Waals surface area contributed by atoms with Gasteiger partial charge in [-0.3, -0.25) is 4.79 Å². The van der Waals surface area contributed by atoms with Crippen molar-refractivity contribution < 1.29 is 23.8 Å². The quantitative estimate of drug-likeness (QED) is 0.458. The fraction of sp³-hybridized carbons (Fsp3) is 0.500. The second kappa shape index (κ2) is 7.22. The van der Waals surface area contributed by atoms with E-state index in [1.165, 1.54) is 13.2 Å². The van der Waals surface area contributed by atoms with Crippen molar-refractivity contribution in [2.75, 3.05) is 7.11 Å². The Balaban J connectivity index is 2.82. The first-order valence-electron chi connectivity index (χ1n) is 6.86. The summed E-state index contributed by atoms with van der Waals surface area (Å²) >= 11 is 0. The third-order valence-corrected chi connectivity index (χ3v) is 3.32. The van der Waals surface area contributed by atoms with E-state index in [9.17, 15) is 9.59 Å². The van der Waals surface area contributed by atoms with E-state index >= 15 is 0 Å². The van der Waals surface area contributed by atoms with Gasteiger partial charge in [0.25, 0.3) is 0 Å². The Kier molecular flexibility index (Phi) is 5.90. The van der Waals surface area contributed by atoms with Gasteiger partial charge in [0.05, 0.1) is 11.0 Å². The molecule has 1 aromatic rings. The van der Waals surface area contributed by atoms with Crippen molar-refractivity contribution >= 4 is 11.9 Å². The highest BCUT2D eigenvalue weighted by Gasteiger charge is 2.27. The van der Waals surface area contributed by atoms with E-state index in [2.05, 4.69) is 0 Å². The Bertz CT molecular complexity index is 507. The largest absolute Gasteiger partial charge is 0.432 e. The zero-order chi connectivity index (χ0) is 16.0. The molecule has 1 atom stereocenters. The van der Waals surface area contributed by atoms with Crippen LogP contribution in [0, 0.1) is 5.41 Å². The highest BCUT2D eigenvalue weighted by Crippen LogP contribution is 2.24. The summed E-state index contributed by atoms with van der Waals surface area (Å²) in [4.78, 5) is 23.9. The SMILES string of the molecule is CCC(C)(C)C(=O)Oc1cccc(C(=O)OC(C)OC)c1. The first-order chi connectivity index (χ1) is 9.80. The molecule has 1 rings (SSSR count). The summed E-state index contributed by atoms with van der Waals surface area (Å²) in [7, 11) is 1.45. The maximum atomic E-state index is 12.0. The molecule has 1 unspecified atom stereocenters. The van der Waals surface area contributed by atoms with Crippen molar-refractivity contribution in [3.8, 4) is 5.75 Å². The third kappa shape index (κ3) is 4.86. The van der Waals surface area contributed by atoms with Crippen molar-refractivity contribution in [1.29, 1.82) is 0 Å². The number of methoxy groups -OCH3 is 1. The van der Waals surface area contributed by atoms with Crippen LogP contribution in [0.2, 0.25) is 0 Å². The predicted octanol–water partition coefficient (Wildman–Crippen LogP) is 3.18. The number of carbonyl (C=O) groups excluding carboxylic acids is 2. The van der Waals surface area contributed by atoms with Gasteiger partial charge in [0.1, 0.15) is 5.75 Å². The number of benzene rings is 1. The molecule has 0 saturated carbocycles. The van der Waals surface area contributed by atoms with Crippen LogP contribution in [-0.2, 0) is 14.3 Å². The van der Waals surface area contributed by atoms with E-state index in [0.717, 1.165) is 0 Å². The van der Waals surface area contributed by atoms with Crippen molar-refractivity contribution in [1.82, 2.24) is 0 Å². The summed E-state index contributed by atoms with van der Waals surface area (Å²) in [6.45, 7) is 7.16. The van der Waals surface area contributed by atoms with Gasteiger partial charge >= 0.3 is 11.9 Å². The molecular weight excluding hydrogens is 272 g/mol. The summed E-state index contributed by atoms with van der Waals surface area (Å²) in [5.41, 5.74) is -0.264. The molecule has 0 bridgehead atoms.